The lowest BCUT2D eigenvalue weighted by atomic mass is 10.2. The van der Waals surface area contributed by atoms with Crippen LogP contribution in [0.3, 0.4) is 0 Å². The Labute approximate surface area is 114 Å². The molecule has 0 aromatic heterocycles. The van der Waals surface area contributed by atoms with E-state index in [1.165, 1.54) is 0 Å². The highest BCUT2D eigenvalue weighted by molar-refractivity contribution is 5.46. The van der Waals surface area contributed by atoms with Crippen molar-refractivity contribution in [3.05, 3.63) is 23.8 Å². The zero-order valence-electron chi connectivity index (χ0n) is 11.7. The highest BCUT2D eigenvalue weighted by Gasteiger charge is 2.14. The molecule has 0 fully saturated rings. The largest absolute Gasteiger partial charge is 0.493 e. The number of benzene rings is 1. The second-order valence-electron chi connectivity index (χ2n) is 3.76. The summed E-state index contributed by atoms with van der Waals surface area (Å²) in [7, 11) is 1.56. The van der Waals surface area contributed by atoms with Crippen LogP contribution in [0.2, 0.25) is 0 Å². The van der Waals surface area contributed by atoms with E-state index in [1.807, 2.05) is 13.8 Å². The molecule has 5 nitrogen and oxygen atoms in total. The van der Waals surface area contributed by atoms with Crippen LogP contribution in [0.25, 0.3) is 0 Å². The predicted octanol–water partition coefficient (Wildman–Crippen LogP) is 1.97. The van der Waals surface area contributed by atoms with Crippen LogP contribution >= 0.6 is 0 Å². The quantitative estimate of drug-likeness (QED) is 0.695. The molecule has 0 saturated carbocycles. The molecule has 0 aliphatic rings. The fraction of sp³-hybridized carbons (Fsp3) is 0.571. The third-order valence-electron chi connectivity index (χ3n) is 2.52. The molecule has 5 heteroatoms. The van der Waals surface area contributed by atoms with E-state index in [1.54, 1.807) is 25.3 Å². The SMILES string of the molecule is CCOC(COc1c(CO)cccc1OC)OCC. The van der Waals surface area contributed by atoms with Crippen LogP contribution in [0.1, 0.15) is 19.4 Å². The summed E-state index contributed by atoms with van der Waals surface area (Å²) < 4.78 is 21.7. The second-order valence-corrected chi connectivity index (χ2v) is 3.76. The van der Waals surface area contributed by atoms with Crippen molar-refractivity contribution in [3.63, 3.8) is 0 Å². The number of ether oxygens (including phenoxy) is 4. The molecular weight excluding hydrogens is 248 g/mol. The van der Waals surface area contributed by atoms with Crippen molar-refractivity contribution >= 4 is 0 Å². The summed E-state index contributed by atoms with van der Waals surface area (Å²) in [5.74, 6) is 1.11. The van der Waals surface area contributed by atoms with E-state index in [9.17, 15) is 5.11 Å². The van der Waals surface area contributed by atoms with E-state index < -0.39 is 6.29 Å². The van der Waals surface area contributed by atoms with E-state index in [2.05, 4.69) is 0 Å². The minimum Gasteiger partial charge on any atom is -0.493 e. The molecule has 0 heterocycles. The van der Waals surface area contributed by atoms with Gasteiger partial charge in [0.1, 0.15) is 6.61 Å². The molecule has 0 aliphatic carbocycles. The topological polar surface area (TPSA) is 57.2 Å². The molecule has 108 valence electrons. The van der Waals surface area contributed by atoms with Gasteiger partial charge in [-0.15, -0.1) is 0 Å². The fourth-order valence-corrected chi connectivity index (χ4v) is 1.68. The zero-order chi connectivity index (χ0) is 14.1. The fourth-order valence-electron chi connectivity index (χ4n) is 1.68. The number of aliphatic hydroxyl groups is 1. The normalized spacial score (nSPS) is 10.8. The van der Waals surface area contributed by atoms with Gasteiger partial charge in [-0.2, -0.15) is 0 Å². The average molecular weight is 270 g/mol. The minimum atomic E-state index is -0.425. The molecule has 1 aromatic carbocycles. The molecule has 0 atom stereocenters. The summed E-state index contributed by atoms with van der Waals surface area (Å²) in [4.78, 5) is 0. The molecule has 0 aliphatic heterocycles. The molecule has 1 N–H and O–H groups in total. The van der Waals surface area contributed by atoms with Gasteiger partial charge in [-0.05, 0) is 19.9 Å². The molecule has 1 aromatic rings. The van der Waals surface area contributed by atoms with Crippen LogP contribution in [0.5, 0.6) is 11.5 Å². The Kier molecular flexibility index (Phi) is 7.25. The summed E-state index contributed by atoms with van der Waals surface area (Å²) in [5, 5.41) is 9.31. The Morgan fingerprint density at radius 3 is 2.37 bits per heavy atom. The summed E-state index contributed by atoms with van der Waals surface area (Å²) in [6.07, 6.45) is -0.425. The van der Waals surface area contributed by atoms with Gasteiger partial charge >= 0.3 is 0 Å². The molecular formula is C14H22O5. The number of methoxy groups -OCH3 is 1. The van der Waals surface area contributed by atoms with Gasteiger partial charge in [-0.25, -0.2) is 0 Å². The van der Waals surface area contributed by atoms with Crippen LogP contribution < -0.4 is 9.47 Å². The number of hydrogen-bond acceptors (Lipinski definition) is 5. The summed E-state index contributed by atoms with van der Waals surface area (Å²) in [6.45, 7) is 5.03. The van der Waals surface area contributed by atoms with Gasteiger partial charge in [0.15, 0.2) is 17.8 Å². The number of rotatable bonds is 9. The highest BCUT2D eigenvalue weighted by Crippen LogP contribution is 2.31. The van der Waals surface area contributed by atoms with Gasteiger partial charge in [0.05, 0.1) is 13.7 Å². The van der Waals surface area contributed by atoms with Crippen molar-refractivity contribution in [2.75, 3.05) is 26.9 Å². The first-order valence-corrected chi connectivity index (χ1v) is 6.39. The first-order valence-electron chi connectivity index (χ1n) is 6.39. The maximum absolute atomic E-state index is 9.31. The van der Waals surface area contributed by atoms with Crippen LogP contribution in [0.4, 0.5) is 0 Å². The number of para-hydroxylation sites is 1. The number of aliphatic hydroxyl groups excluding tert-OH is 1. The van der Waals surface area contributed by atoms with Crippen molar-refractivity contribution in [2.24, 2.45) is 0 Å². The van der Waals surface area contributed by atoms with Gasteiger partial charge in [-0.3, -0.25) is 0 Å². The Hall–Kier alpha value is -1.30. The van der Waals surface area contributed by atoms with Crippen LogP contribution in [0.15, 0.2) is 18.2 Å². The summed E-state index contributed by atoms with van der Waals surface area (Å²) >= 11 is 0. The van der Waals surface area contributed by atoms with E-state index in [4.69, 9.17) is 18.9 Å². The van der Waals surface area contributed by atoms with Crippen molar-refractivity contribution < 1.29 is 24.1 Å². The Morgan fingerprint density at radius 1 is 1.16 bits per heavy atom. The van der Waals surface area contributed by atoms with Crippen molar-refractivity contribution in [1.82, 2.24) is 0 Å². The van der Waals surface area contributed by atoms with Gasteiger partial charge in [0.2, 0.25) is 0 Å². The van der Waals surface area contributed by atoms with Crippen molar-refractivity contribution in [3.8, 4) is 11.5 Å². The van der Waals surface area contributed by atoms with Crippen LogP contribution in [0, 0.1) is 0 Å². The molecule has 0 radical (unpaired) electrons. The van der Waals surface area contributed by atoms with Crippen LogP contribution in [-0.4, -0.2) is 38.3 Å². The lowest BCUT2D eigenvalue weighted by molar-refractivity contribution is -0.152. The molecule has 0 unspecified atom stereocenters. The Bertz CT molecular complexity index is 339. The smallest absolute Gasteiger partial charge is 0.191 e. The lowest BCUT2D eigenvalue weighted by Crippen LogP contribution is -2.25. The molecule has 0 spiro atoms. The third kappa shape index (κ3) is 4.70. The Balaban J connectivity index is 2.74. The predicted molar refractivity (Wildman–Crippen MR) is 71.5 cm³/mol. The van der Waals surface area contributed by atoms with E-state index in [0.29, 0.717) is 30.3 Å². The second kappa shape index (κ2) is 8.74. The molecule has 0 saturated heterocycles. The van der Waals surface area contributed by atoms with Gasteiger partial charge in [0, 0.05) is 18.8 Å². The summed E-state index contributed by atoms with van der Waals surface area (Å²) in [5.41, 5.74) is 0.672. The zero-order valence-corrected chi connectivity index (χ0v) is 11.7. The van der Waals surface area contributed by atoms with E-state index in [0.717, 1.165) is 0 Å². The maximum Gasteiger partial charge on any atom is 0.191 e. The van der Waals surface area contributed by atoms with Crippen molar-refractivity contribution in [1.29, 1.82) is 0 Å². The lowest BCUT2D eigenvalue weighted by Gasteiger charge is -2.19. The average Bonchev–Trinajstić information content (AvgIpc) is 2.44. The Morgan fingerprint density at radius 2 is 1.84 bits per heavy atom. The van der Waals surface area contributed by atoms with Crippen LogP contribution in [-0.2, 0) is 16.1 Å². The van der Waals surface area contributed by atoms with Crippen molar-refractivity contribution in [2.45, 2.75) is 26.7 Å². The third-order valence-corrected chi connectivity index (χ3v) is 2.52. The van der Waals surface area contributed by atoms with Gasteiger partial charge in [0.25, 0.3) is 0 Å². The molecule has 0 bridgehead atoms. The standard InChI is InChI=1S/C14H22O5/c1-4-17-13(18-5-2)10-19-14-11(9-15)7-6-8-12(14)16-3/h6-8,13,15H,4-5,9-10H2,1-3H3. The molecule has 0 amide bonds. The first-order chi connectivity index (χ1) is 9.26. The summed E-state index contributed by atoms with van der Waals surface area (Å²) in [6, 6.07) is 5.37. The first kappa shape index (κ1) is 15.8. The van der Waals surface area contributed by atoms with Gasteiger partial charge in [-0.1, -0.05) is 12.1 Å². The van der Waals surface area contributed by atoms with E-state index in [-0.39, 0.29) is 13.2 Å². The monoisotopic (exact) mass is 270 g/mol. The number of hydrogen-bond donors (Lipinski definition) is 1. The van der Waals surface area contributed by atoms with E-state index >= 15 is 0 Å². The minimum absolute atomic E-state index is 0.111. The molecule has 19 heavy (non-hydrogen) atoms. The highest BCUT2D eigenvalue weighted by atomic mass is 16.7. The van der Waals surface area contributed by atoms with Gasteiger partial charge < -0.3 is 24.1 Å². The molecule has 1 rings (SSSR count). The maximum atomic E-state index is 9.31.